The van der Waals surface area contributed by atoms with Crippen LogP contribution in [-0.4, -0.2) is 30.1 Å². The number of carbonyl (C=O) groups is 1. The van der Waals surface area contributed by atoms with Crippen LogP contribution in [0.4, 0.5) is 5.82 Å². The van der Waals surface area contributed by atoms with E-state index < -0.39 is 0 Å². The number of fused-ring (bicyclic) bond motifs is 1. The zero-order valence-corrected chi connectivity index (χ0v) is 14.3. The Morgan fingerprint density at radius 3 is 2.54 bits per heavy atom. The van der Waals surface area contributed by atoms with Gasteiger partial charge in [-0.3, -0.25) is 4.79 Å². The van der Waals surface area contributed by atoms with E-state index in [4.69, 9.17) is 0 Å². The average Bonchev–Trinajstić information content (AvgIpc) is 2.92. The van der Waals surface area contributed by atoms with Gasteiger partial charge in [-0.05, 0) is 48.7 Å². The van der Waals surface area contributed by atoms with Crippen LogP contribution in [0.2, 0.25) is 0 Å². The average molecular weight is 323 g/mol. The third kappa shape index (κ3) is 2.50. The molecule has 0 radical (unpaired) electrons. The molecule has 1 fully saturated rings. The summed E-state index contributed by atoms with van der Waals surface area (Å²) in [6.07, 6.45) is 0.196. The summed E-state index contributed by atoms with van der Waals surface area (Å²) in [7, 11) is 0. The standard InChI is InChI=1S/C19H22N4O/c1-13-20-17-6-4-5-16(23(17)21-13)14-7-9-15(10-8-14)18(24)22-11-19(2,3)12-22/h4-10,13,21H,11-12H2,1-3H3/p+1. The predicted molar refractivity (Wildman–Crippen MR) is 94.2 cm³/mol. The van der Waals surface area contributed by atoms with Crippen LogP contribution in [0.1, 0.15) is 31.1 Å². The number of pyridine rings is 1. The monoisotopic (exact) mass is 323 g/mol. The fourth-order valence-electron chi connectivity index (χ4n) is 3.53. The van der Waals surface area contributed by atoms with Crippen molar-refractivity contribution in [3.05, 3.63) is 48.0 Å². The molecule has 2 N–H and O–H groups in total. The molecule has 1 atom stereocenters. The minimum atomic E-state index is 0.125. The van der Waals surface area contributed by atoms with Crippen molar-refractivity contribution in [2.45, 2.75) is 26.9 Å². The first-order valence-corrected chi connectivity index (χ1v) is 8.41. The molecule has 0 saturated carbocycles. The molecule has 5 heteroatoms. The van der Waals surface area contributed by atoms with E-state index >= 15 is 0 Å². The molecule has 2 aromatic rings. The van der Waals surface area contributed by atoms with E-state index in [-0.39, 0.29) is 17.5 Å². The number of nitrogens with one attached hydrogen (secondary N) is 2. The second kappa shape index (κ2) is 5.23. The summed E-state index contributed by atoms with van der Waals surface area (Å²) in [5.41, 5.74) is 6.55. The molecule has 1 saturated heterocycles. The Bertz CT molecular complexity index is 790. The quantitative estimate of drug-likeness (QED) is 0.835. The summed E-state index contributed by atoms with van der Waals surface area (Å²) in [5, 5.41) is 3.37. The minimum absolute atomic E-state index is 0.125. The van der Waals surface area contributed by atoms with Crippen LogP contribution >= 0.6 is 0 Å². The maximum atomic E-state index is 12.5. The zero-order valence-electron chi connectivity index (χ0n) is 14.3. The third-order valence-corrected chi connectivity index (χ3v) is 4.63. The molecule has 0 aliphatic carbocycles. The number of nitrogens with zero attached hydrogens (tertiary/aromatic N) is 2. The van der Waals surface area contributed by atoms with E-state index in [1.165, 1.54) is 0 Å². The summed E-state index contributed by atoms with van der Waals surface area (Å²) in [6.45, 7) is 8.13. The van der Waals surface area contributed by atoms with Crippen LogP contribution in [0.3, 0.4) is 0 Å². The lowest BCUT2D eigenvalue weighted by Gasteiger charge is -2.45. The number of anilines is 1. The molecule has 5 nitrogen and oxygen atoms in total. The van der Waals surface area contributed by atoms with Crippen LogP contribution in [0.5, 0.6) is 0 Å². The van der Waals surface area contributed by atoms with Gasteiger partial charge in [0.05, 0.1) is 0 Å². The van der Waals surface area contributed by atoms with Crippen LogP contribution in [0.25, 0.3) is 11.3 Å². The van der Waals surface area contributed by atoms with Gasteiger partial charge in [-0.2, -0.15) is 0 Å². The summed E-state index contributed by atoms with van der Waals surface area (Å²) in [5.74, 6) is 1.17. The molecule has 0 bridgehead atoms. The lowest BCUT2D eigenvalue weighted by atomic mass is 9.84. The van der Waals surface area contributed by atoms with Gasteiger partial charge in [-0.15, -0.1) is 4.68 Å². The van der Waals surface area contributed by atoms with Crippen molar-refractivity contribution < 1.29 is 9.47 Å². The number of aromatic nitrogens is 1. The minimum Gasteiger partial charge on any atom is -0.337 e. The smallest absolute Gasteiger partial charge is 0.300 e. The van der Waals surface area contributed by atoms with Gasteiger partial charge < -0.3 is 4.90 Å². The van der Waals surface area contributed by atoms with Gasteiger partial charge in [0.25, 0.3) is 11.7 Å². The molecule has 2 aliphatic heterocycles. The summed E-state index contributed by atoms with van der Waals surface area (Å²) in [4.78, 5) is 14.4. The fourth-order valence-corrected chi connectivity index (χ4v) is 3.53. The van der Waals surface area contributed by atoms with Gasteiger partial charge in [0.2, 0.25) is 0 Å². The number of rotatable bonds is 2. The molecule has 1 unspecified atom stereocenters. The second-order valence-electron chi connectivity index (χ2n) is 7.53. The maximum Gasteiger partial charge on any atom is 0.300 e. The Morgan fingerprint density at radius 1 is 1.17 bits per heavy atom. The van der Waals surface area contributed by atoms with Crippen molar-refractivity contribution in [2.75, 3.05) is 23.8 Å². The van der Waals surface area contributed by atoms with Gasteiger partial charge in [0, 0.05) is 30.3 Å². The van der Waals surface area contributed by atoms with Crippen LogP contribution in [0.15, 0.2) is 42.5 Å². The fraction of sp³-hybridized carbons (Fsp3) is 0.368. The lowest BCUT2D eigenvalue weighted by molar-refractivity contribution is -0.617. The Labute approximate surface area is 142 Å². The highest BCUT2D eigenvalue weighted by atomic mass is 16.2. The first kappa shape index (κ1) is 15.0. The Morgan fingerprint density at radius 2 is 1.88 bits per heavy atom. The van der Waals surface area contributed by atoms with E-state index in [1.54, 1.807) is 0 Å². The predicted octanol–water partition coefficient (Wildman–Crippen LogP) is 2.44. The van der Waals surface area contributed by atoms with E-state index in [1.807, 2.05) is 41.3 Å². The summed E-state index contributed by atoms with van der Waals surface area (Å²) in [6, 6.07) is 14.0. The zero-order chi connectivity index (χ0) is 16.9. The SMILES string of the molecule is CC1Nc2cccc(-c3ccc(C(=O)N4CC(C)(C)C4)cc3)[n+]2N1. The summed E-state index contributed by atoms with van der Waals surface area (Å²) < 4.78 is 2.06. The number of hydrogen-bond acceptors (Lipinski definition) is 3. The van der Waals surface area contributed by atoms with Gasteiger partial charge >= 0.3 is 0 Å². The van der Waals surface area contributed by atoms with Crippen LogP contribution < -0.4 is 15.4 Å². The molecule has 4 rings (SSSR count). The molecule has 1 amide bonds. The number of benzene rings is 1. The lowest BCUT2D eigenvalue weighted by Crippen LogP contribution is -2.55. The van der Waals surface area contributed by atoms with Crippen molar-refractivity contribution in [3.8, 4) is 11.3 Å². The highest BCUT2D eigenvalue weighted by molar-refractivity contribution is 5.95. The second-order valence-corrected chi connectivity index (χ2v) is 7.53. The van der Waals surface area contributed by atoms with Gasteiger partial charge in [0.15, 0.2) is 11.9 Å². The van der Waals surface area contributed by atoms with Gasteiger partial charge in [0.1, 0.15) is 0 Å². The first-order chi connectivity index (χ1) is 11.4. The van der Waals surface area contributed by atoms with Crippen molar-refractivity contribution in [1.29, 1.82) is 0 Å². The summed E-state index contributed by atoms with van der Waals surface area (Å²) >= 11 is 0. The maximum absolute atomic E-state index is 12.5. The van der Waals surface area contributed by atoms with Crippen LogP contribution in [0, 0.1) is 5.41 Å². The van der Waals surface area contributed by atoms with E-state index in [2.05, 4.69) is 42.3 Å². The highest BCUT2D eigenvalue weighted by Gasteiger charge is 2.37. The highest BCUT2D eigenvalue weighted by Crippen LogP contribution is 2.30. The van der Waals surface area contributed by atoms with Gasteiger partial charge in [-0.25, -0.2) is 10.7 Å². The molecule has 24 heavy (non-hydrogen) atoms. The van der Waals surface area contributed by atoms with Crippen molar-refractivity contribution in [1.82, 2.24) is 4.90 Å². The molecular weight excluding hydrogens is 300 g/mol. The Kier molecular flexibility index (Phi) is 3.27. The van der Waals surface area contributed by atoms with E-state index in [0.717, 1.165) is 35.7 Å². The Hall–Kier alpha value is -2.56. The number of amides is 1. The third-order valence-electron chi connectivity index (χ3n) is 4.63. The van der Waals surface area contributed by atoms with E-state index in [9.17, 15) is 4.79 Å². The topological polar surface area (TPSA) is 48.3 Å². The van der Waals surface area contributed by atoms with Crippen molar-refractivity contribution >= 4 is 11.7 Å². The van der Waals surface area contributed by atoms with Crippen LogP contribution in [-0.2, 0) is 0 Å². The number of carbonyl (C=O) groups excluding carboxylic acids is 1. The molecular formula is C19H23N4O+. The molecule has 1 aromatic heterocycles. The van der Waals surface area contributed by atoms with Gasteiger partial charge in [-0.1, -0.05) is 13.8 Å². The van der Waals surface area contributed by atoms with E-state index in [0.29, 0.717) is 0 Å². The number of hydrogen-bond donors (Lipinski definition) is 2. The number of likely N-dealkylation sites (tertiary alicyclic amines) is 1. The molecule has 124 valence electrons. The molecule has 3 heterocycles. The molecule has 0 spiro atoms. The largest absolute Gasteiger partial charge is 0.337 e. The first-order valence-electron chi connectivity index (χ1n) is 8.41. The Balaban J connectivity index is 1.57. The normalized spacial score (nSPS) is 20.6. The molecule has 1 aromatic carbocycles. The van der Waals surface area contributed by atoms with Crippen molar-refractivity contribution in [2.24, 2.45) is 5.41 Å². The molecule has 2 aliphatic rings. The van der Waals surface area contributed by atoms with Crippen molar-refractivity contribution in [3.63, 3.8) is 0 Å².